The molecular weight excluding hydrogens is 601 g/mol. The molecule has 1 atom stereocenters. The summed E-state index contributed by atoms with van der Waals surface area (Å²) in [6.45, 7) is 3.70. The van der Waals surface area contributed by atoms with Gasteiger partial charge in [0.1, 0.15) is 5.69 Å². The van der Waals surface area contributed by atoms with Crippen LogP contribution in [0.25, 0.3) is 21.9 Å². The molecule has 0 saturated heterocycles. The van der Waals surface area contributed by atoms with Gasteiger partial charge in [-0.1, -0.05) is 83.9 Å². The van der Waals surface area contributed by atoms with E-state index in [1.165, 1.54) is 15.7 Å². The SMILES string of the molecule is Cc1nc2scc(CC(=O)N[C@@H](Cc3ccccc3)c3ccccc3)n2c(=O)c1-c1cc(C)n(-c2ccc(Cl)c(Cl)c2)n1. The molecule has 0 spiro atoms. The number of nitrogens with one attached hydrogen (secondary N) is 1. The molecule has 1 N–H and O–H groups in total. The third kappa shape index (κ3) is 5.99. The van der Waals surface area contributed by atoms with E-state index in [9.17, 15) is 9.59 Å². The van der Waals surface area contributed by atoms with Crippen LogP contribution in [-0.2, 0) is 17.6 Å². The summed E-state index contributed by atoms with van der Waals surface area (Å²) in [5.41, 5.74) is 5.40. The minimum atomic E-state index is -0.269. The molecule has 0 aliphatic rings. The standard InChI is InChI=1S/C33H27Cl2N5O2S/c1-20-15-29(38-40(20)24-13-14-26(34)27(35)17-24)31-21(2)36-33-39(32(31)42)25(19-43-33)18-30(41)37-28(23-11-7-4-8-12-23)16-22-9-5-3-6-10-22/h3-15,17,19,28H,16,18H2,1-2H3,(H,37,41)/t28-/m0/s1. The van der Waals surface area contributed by atoms with Gasteiger partial charge in [-0.15, -0.1) is 11.3 Å². The van der Waals surface area contributed by atoms with Crippen molar-refractivity contribution in [2.75, 3.05) is 0 Å². The van der Waals surface area contributed by atoms with Gasteiger partial charge in [0.15, 0.2) is 4.96 Å². The van der Waals surface area contributed by atoms with Crippen molar-refractivity contribution in [1.82, 2.24) is 24.5 Å². The zero-order valence-corrected chi connectivity index (χ0v) is 25.7. The van der Waals surface area contributed by atoms with Crippen molar-refractivity contribution in [2.24, 2.45) is 0 Å². The Kier molecular flexibility index (Phi) is 8.17. The highest BCUT2D eigenvalue weighted by Crippen LogP contribution is 2.27. The van der Waals surface area contributed by atoms with E-state index in [0.717, 1.165) is 22.5 Å². The molecule has 6 aromatic rings. The Morgan fingerprint density at radius 3 is 2.40 bits per heavy atom. The van der Waals surface area contributed by atoms with Gasteiger partial charge in [0.25, 0.3) is 5.56 Å². The molecule has 6 rings (SSSR count). The fourth-order valence-corrected chi connectivity index (χ4v) is 6.41. The van der Waals surface area contributed by atoms with Crippen LogP contribution in [-0.4, -0.2) is 25.1 Å². The number of hydrogen-bond donors (Lipinski definition) is 1. The lowest BCUT2D eigenvalue weighted by atomic mass is 9.98. The van der Waals surface area contributed by atoms with Gasteiger partial charge in [-0.05, 0) is 55.7 Å². The number of thiazole rings is 1. The van der Waals surface area contributed by atoms with Gasteiger partial charge in [-0.25, -0.2) is 9.67 Å². The molecule has 3 aromatic heterocycles. The summed E-state index contributed by atoms with van der Waals surface area (Å²) in [7, 11) is 0. The van der Waals surface area contributed by atoms with Crippen molar-refractivity contribution in [1.29, 1.82) is 0 Å². The molecule has 3 aromatic carbocycles. The Balaban J connectivity index is 1.31. The van der Waals surface area contributed by atoms with E-state index in [1.807, 2.05) is 85.1 Å². The van der Waals surface area contributed by atoms with E-state index >= 15 is 0 Å². The van der Waals surface area contributed by atoms with E-state index in [1.54, 1.807) is 23.7 Å². The summed E-state index contributed by atoms with van der Waals surface area (Å²) < 4.78 is 3.23. The number of carbonyl (C=O) groups excluding carboxylic acids is 1. The Morgan fingerprint density at radius 2 is 1.67 bits per heavy atom. The molecule has 7 nitrogen and oxygen atoms in total. The average molecular weight is 629 g/mol. The second-order valence-electron chi connectivity index (χ2n) is 10.3. The van der Waals surface area contributed by atoms with Gasteiger partial charge in [0.2, 0.25) is 5.91 Å². The summed E-state index contributed by atoms with van der Waals surface area (Å²) in [6, 6.07) is 26.8. The first-order valence-electron chi connectivity index (χ1n) is 13.7. The molecule has 1 amide bonds. The number of halogens is 2. The lowest BCUT2D eigenvalue weighted by Gasteiger charge is -2.19. The third-order valence-corrected chi connectivity index (χ3v) is 8.89. The summed E-state index contributed by atoms with van der Waals surface area (Å²) in [6.07, 6.45) is 0.672. The molecule has 3 heterocycles. The molecule has 216 valence electrons. The highest BCUT2D eigenvalue weighted by Gasteiger charge is 2.22. The lowest BCUT2D eigenvalue weighted by Crippen LogP contribution is -2.32. The Bertz CT molecular complexity index is 2000. The third-order valence-electron chi connectivity index (χ3n) is 7.27. The van der Waals surface area contributed by atoms with Crippen LogP contribution < -0.4 is 10.9 Å². The molecule has 0 unspecified atom stereocenters. The van der Waals surface area contributed by atoms with Gasteiger partial charge in [0, 0.05) is 16.8 Å². The Hall–Kier alpha value is -4.24. The number of nitrogens with zero attached hydrogens (tertiary/aromatic N) is 4. The molecule has 0 aliphatic carbocycles. The van der Waals surface area contributed by atoms with Crippen LogP contribution in [0.1, 0.15) is 34.3 Å². The van der Waals surface area contributed by atoms with E-state index < -0.39 is 0 Å². The van der Waals surface area contributed by atoms with Crippen LogP contribution in [0.15, 0.2) is 95.1 Å². The monoisotopic (exact) mass is 627 g/mol. The lowest BCUT2D eigenvalue weighted by molar-refractivity contribution is -0.121. The van der Waals surface area contributed by atoms with Crippen LogP contribution in [0.2, 0.25) is 10.0 Å². The van der Waals surface area contributed by atoms with E-state index in [2.05, 4.69) is 5.32 Å². The minimum absolute atomic E-state index is 0.0267. The summed E-state index contributed by atoms with van der Waals surface area (Å²) >= 11 is 13.7. The van der Waals surface area contributed by atoms with Crippen molar-refractivity contribution in [2.45, 2.75) is 32.7 Å². The van der Waals surface area contributed by atoms with Crippen molar-refractivity contribution < 1.29 is 4.79 Å². The maximum absolute atomic E-state index is 14.0. The zero-order chi connectivity index (χ0) is 30.1. The fraction of sp³-hybridized carbons (Fsp3) is 0.152. The van der Waals surface area contributed by atoms with E-state index in [-0.39, 0.29) is 23.9 Å². The van der Waals surface area contributed by atoms with Gasteiger partial charge in [-0.3, -0.25) is 14.0 Å². The van der Waals surface area contributed by atoms with Crippen LogP contribution in [0, 0.1) is 13.8 Å². The van der Waals surface area contributed by atoms with Crippen molar-refractivity contribution >= 4 is 45.4 Å². The highest BCUT2D eigenvalue weighted by molar-refractivity contribution is 7.15. The first kappa shape index (κ1) is 28.9. The summed E-state index contributed by atoms with van der Waals surface area (Å²) in [5, 5.41) is 10.6. The maximum atomic E-state index is 14.0. The van der Waals surface area contributed by atoms with Crippen LogP contribution in [0.3, 0.4) is 0 Å². The predicted octanol–water partition coefficient (Wildman–Crippen LogP) is 7.18. The molecule has 0 saturated carbocycles. The smallest absolute Gasteiger partial charge is 0.268 e. The second-order valence-corrected chi connectivity index (χ2v) is 12.0. The second kappa shape index (κ2) is 12.2. The molecule has 43 heavy (non-hydrogen) atoms. The number of aromatic nitrogens is 4. The summed E-state index contributed by atoms with van der Waals surface area (Å²) in [5.74, 6) is -0.182. The Morgan fingerprint density at radius 1 is 0.953 bits per heavy atom. The fourth-order valence-electron chi connectivity index (χ4n) is 5.20. The first-order valence-corrected chi connectivity index (χ1v) is 15.3. The number of amides is 1. The minimum Gasteiger partial charge on any atom is -0.349 e. The largest absolute Gasteiger partial charge is 0.349 e. The van der Waals surface area contributed by atoms with Crippen molar-refractivity contribution in [3.05, 3.63) is 139 Å². The molecule has 0 bridgehead atoms. The van der Waals surface area contributed by atoms with Crippen LogP contribution in [0.4, 0.5) is 0 Å². The van der Waals surface area contributed by atoms with Crippen LogP contribution in [0.5, 0.6) is 0 Å². The molecular formula is C33H27Cl2N5O2S. The average Bonchev–Trinajstić information content (AvgIpc) is 3.58. The first-order chi connectivity index (χ1) is 20.8. The van der Waals surface area contributed by atoms with E-state index in [0.29, 0.717) is 44.1 Å². The maximum Gasteiger partial charge on any atom is 0.268 e. The molecule has 0 fully saturated rings. The van der Waals surface area contributed by atoms with E-state index in [4.69, 9.17) is 33.3 Å². The molecule has 0 radical (unpaired) electrons. The molecule has 10 heteroatoms. The summed E-state index contributed by atoms with van der Waals surface area (Å²) in [4.78, 5) is 32.6. The van der Waals surface area contributed by atoms with Gasteiger partial charge in [-0.2, -0.15) is 5.10 Å². The van der Waals surface area contributed by atoms with Crippen molar-refractivity contribution in [3.8, 4) is 16.9 Å². The zero-order valence-electron chi connectivity index (χ0n) is 23.4. The number of benzene rings is 3. The number of rotatable bonds is 8. The normalized spacial score (nSPS) is 12.0. The van der Waals surface area contributed by atoms with Crippen LogP contribution >= 0.6 is 34.5 Å². The topological polar surface area (TPSA) is 81.3 Å². The number of hydrogen-bond acceptors (Lipinski definition) is 5. The number of carbonyl (C=O) groups is 1. The highest BCUT2D eigenvalue weighted by atomic mass is 35.5. The van der Waals surface area contributed by atoms with Crippen molar-refractivity contribution in [3.63, 3.8) is 0 Å². The Labute approximate surface area is 262 Å². The number of fused-ring (bicyclic) bond motifs is 1. The van der Waals surface area contributed by atoms with Gasteiger partial charge < -0.3 is 5.32 Å². The number of aryl methyl sites for hydroxylation is 2. The van der Waals surface area contributed by atoms with Gasteiger partial charge in [0.05, 0.1) is 39.5 Å². The predicted molar refractivity (Wildman–Crippen MR) is 173 cm³/mol. The molecule has 0 aliphatic heterocycles. The van der Waals surface area contributed by atoms with Gasteiger partial charge >= 0.3 is 0 Å². The quantitative estimate of drug-likeness (QED) is 0.194.